The zero-order valence-corrected chi connectivity index (χ0v) is 12.8. The lowest BCUT2D eigenvalue weighted by molar-refractivity contribution is -0.116. The smallest absolute Gasteiger partial charge is 0.291 e. The van der Waals surface area contributed by atoms with Crippen molar-refractivity contribution in [2.24, 2.45) is 0 Å². The third-order valence-electron chi connectivity index (χ3n) is 3.23. The quantitative estimate of drug-likeness (QED) is 0.766. The van der Waals surface area contributed by atoms with Gasteiger partial charge in [-0.1, -0.05) is 13.3 Å². The molecular weight excluding hydrogens is 280 g/mol. The van der Waals surface area contributed by atoms with Gasteiger partial charge in [0.05, 0.1) is 0 Å². The van der Waals surface area contributed by atoms with Crippen LogP contribution in [-0.4, -0.2) is 21.8 Å². The van der Waals surface area contributed by atoms with Crippen LogP contribution in [0.3, 0.4) is 0 Å². The molecule has 2 amide bonds. The second kappa shape index (κ2) is 7.40. The number of amides is 2. The molecule has 1 aromatic carbocycles. The third-order valence-corrected chi connectivity index (χ3v) is 3.23. The molecule has 0 aliphatic rings. The van der Waals surface area contributed by atoms with E-state index in [2.05, 4.69) is 27.5 Å². The molecule has 0 atom stereocenters. The SMILES string of the molecule is CCCCC(=O)Nc1ccc(NC(=O)c2ncc[nH]2)cc1C. The number of imidazole rings is 1. The largest absolute Gasteiger partial charge is 0.341 e. The van der Waals surface area contributed by atoms with Crippen molar-refractivity contribution in [3.63, 3.8) is 0 Å². The van der Waals surface area contributed by atoms with E-state index >= 15 is 0 Å². The highest BCUT2D eigenvalue weighted by Crippen LogP contribution is 2.20. The van der Waals surface area contributed by atoms with Crippen LogP contribution in [-0.2, 0) is 4.79 Å². The van der Waals surface area contributed by atoms with Crippen LogP contribution in [0.15, 0.2) is 30.6 Å². The predicted molar refractivity (Wildman–Crippen MR) is 85.9 cm³/mol. The molecular formula is C16H20N4O2. The summed E-state index contributed by atoms with van der Waals surface area (Å²) in [5, 5.41) is 5.64. The molecule has 0 spiro atoms. The molecule has 1 aromatic heterocycles. The minimum Gasteiger partial charge on any atom is -0.341 e. The van der Waals surface area contributed by atoms with Crippen molar-refractivity contribution in [3.05, 3.63) is 42.0 Å². The van der Waals surface area contributed by atoms with Crippen molar-refractivity contribution in [2.75, 3.05) is 10.6 Å². The average Bonchev–Trinajstić information content (AvgIpc) is 3.02. The molecule has 0 bridgehead atoms. The van der Waals surface area contributed by atoms with Gasteiger partial charge in [-0.3, -0.25) is 9.59 Å². The minimum absolute atomic E-state index is 0.0114. The molecule has 0 aliphatic heterocycles. The molecule has 0 aliphatic carbocycles. The van der Waals surface area contributed by atoms with Crippen molar-refractivity contribution < 1.29 is 9.59 Å². The lowest BCUT2D eigenvalue weighted by Gasteiger charge is -2.10. The Hall–Kier alpha value is -2.63. The van der Waals surface area contributed by atoms with Gasteiger partial charge in [0.25, 0.3) is 5.91 Å². The van der Waals surface area contributed by atoms with Gasteiger partial charge in [0, 0.05) is 30.2 Å². The molecule has 1 heterocycles. The van der Waals surface area contributed by atoms with Crippen LogP contribution in [0.25, 0.3) is 0 Å². The van der Waals surface area contributed by atoms with Crippen LogP contribution in [0, 0.1) is 6.92 Å². The molecule has 3 N–H and O–H groups in total. The van der Waals surface area contributed by atoms with Gasteiger partial charge in [-0.05, 0) is 37.1 Å². The number of anilines is 2. The third kappa shape index (κ3) is 4.18. The normalized spacial score (nSPS) is 10.3. The van der Waals surface area contributed by atoms with Gasteiger partial charge in [0.15, 0.2) is 5.82 Å². The van der Waals surface area contributed by atoms with Crippen molar-refractivity contribution in [2.45, 2.75) is 33.1 Å². The molecule has 22 heavy (non-hydrogen) atoms. The number of unbranched alkanes of at least 4 members (excludes halogenated alkanes) is 1. The lowest BCUT2D eigenvalue weighted by atomic mass is 10.1. The van der Waals surface area contributed by atoms with Gasteiger partial charge in [-0.25, -0.2) is 4.98 Å². The van der Waals surface area contributed by atoms with Gasteiger partial charge in [-0.2, -0.15) is 0 Å². The fourth-order valence-corrected chi connectivity index (χ4v) is 2.01. The maximum Gasteiger partial charge on any atom is 0.291 e. The van der Waals surface area contributed by atoms with E-state index < -0.39 is 0 Å². The number of carbonyl (C=O) groups is 2. The molecule has 116 valence electrons. The Balaban J connectivity index is 2.00. The number of hydrogen-bond donors (Lipinski definition) is 3. The van der Waals surface area contributed by atoms with Gasteiger partial charge >= 0.3 is 0 Å². The van der Waals surface area contributed by atoms with Crippen LogP contribution >= 0.6 is 0 Å². The number of H-pyrrole nitrogens is 1. The first-order valence-electron chi connectivity index (χ1n) is 7.31. The van der Waals surface area contributed by atoms with Gasteiger partial charge < -0.3 is 15.6 Å². The van der Waals surface area contributed by atoms with E-state index in [9.17, 15) is 9.59 Å². The number of aryl methyl sites for hydroxylation is 1. The number of benzene rings is 1. The summed E-state index contributed by atoms with van der Waals surface area (Å²) in [5.74, 6) is -0.0314. The van der Waals surface area contributed by atoms with Gasteiger partial charge in [0.1, 0.15) is 0 Å². The first kappa shape index (κ1) is 15.8. The fraction of sp³-hybridized carbons (Fsp3) is 0.312. The number of hydrogen-bond acceptors (Lipinski definition) is 3. The van der Waals surface area contributed by atoms with Crippen molar-refractivity contribution >= 4 is 23.2 Å². The standard InChI is InChI=1S/C16H20N4O2/c1-3-4-5-14(21)20-13-7-6-12(10-11(13)2)19-16(22)15-17-8-9-18-15/h6-10H,3-5H2,1-2H3,(H,17,18)(H,19,22)(H,20,21). The summed E-state index contributed by atoms with van der Waals surface area (Å²) < 4.78 is 0. The summed E-state index contributed by atoms with van der Waals surface area (Å²) in [6.45, 7) is 3.94. The summed E-state index contributed by atoms with van der Waals surface area (Å²) in [6, 6.07) is 5.36. The van der Waals surface area contributed by atoms with Gasteiger partial charge in [0.2, 0.25) is 5.91 Å². The van der Waals surface area contributed by atoms with Crippen molar-refractivity contribution in [1.82, 2.24) is 9.97 Å². The summed E-state index contributed by atoms with van der Waals surface area (Å²) >= 11 is 0. The summed E-state index contributed by atoms with van der Waals surface area (Å²) in [7, 11) is 0. The number of rotatable bonds is 6. The first-order valence-corrected chi connectivity index (χ1v) is 7.31. The summed E-state index contributed by atoms with van der Waals surface area (Å²) in [6.07, 6.45) is 5.50. The highest BCUT2D eigenvalue weighted by Gasteiger charge is 2.10. The van der Waals surface area contributed by atoms with Crippen molar-refractivity contribution in [1.29, 1.82) is 0 Å². The Labute approximate surface area is 129 Å². The van der Waals surface area contributed by atoms with Crippen LogP contribution < -0.4 is 10.6 Å². The Morgan fingerprint density at radius 1 is 1.27 bits per heavy atom. The molecule has 2 aromatic rings. The number of carbonyl (C=O) groups excluding carboxylic acids is 2. The Kier molecular flexibility index (Phi) is 5.30. The zero-order chi connectivity index (χ0) is 15.9. The molecule has 2 rings (SSSR count). The number of aromatic amines is 1. The summed E-state index contributed by atoms with van der Waals surface area (Å²) in [5.41, 5.74) is 2.31. The number of nitrogens with one attached hydrogen (secondary N) is 3. The molecule has 0 radical (unpaired) electrons. The van der Waals surface area contributed by atoms with E-state index in [0.717, 1.165) is 24.1 Å². The van der Waals surface area contributed by atoms with E-state index in [1.165, 1.54) is 6.20 Å². The highest BCUT2D eigenvalue weighted by atomic mass is 16.2. The fourth-order valence-electron chi connectivity index (χ4n) is 2.01. The molecule has 6 heteroatoms. The van der Waals surface area contributed by atoms with Crippen LogP contribution in [0.5, 0.6) is 0 Å². The zero-order valence-electron chi connectivity index (χ0n) is 12.8. The Morgan fingerprint density at radius 3 is 2.73 bits per heavy atom. The van der Waals surface area contributed by atoms with Crippen LogP contribution in [0.4, 0.5) is 11.4 Å². The van der Waals surface area contributed by atoms with E-state index in [4.69, 9.17) is 0 Å². The van der Waals surface area contributed by atoms with E-state index in [0.29, 0.717) is 12.1 Å². The van der Waals surface area contributed by atoms with Crippen LogP contribution in [0.1, 0.15) is 42.4 Å². The topological polar surface area (TPSA) is 86.9 Å². The van der Waals surface area contributed by atoms with Gasteiger partial charge in [-0.15, -0.1) is 0 Å². The van der Waals surface area contributed by atoms with E-state index in [1.54, 1.807) is 18.3 Å². The second-order valence-electron chi connectivity index (χ2n) is 5.07. The maximum absolute atomic E-state index is 11.9. The highest BCUT2D eigenvalue weighted by molar-refractivity contribution is 6.01. The Bertz CT molecular complexity index is 650. The minimum atomic E-state index is -0.302. The van der Waals surface area contributed by atoms with E-state index in [-0.39, 0.29) is 17.6 Å². The second-order valence-corrected chi connectivity index (χ2v) is 5.07. The monoisotopic (exact) mass is 300 g/mol. The van der Waals surface area contributed by atoms with E-state index in [1.807, 2.05) is 13.0 Å². The maximum atomic E-state index is 11.9. The number of aromatic nitrogens is 2. The van der Waals surface area contributed by atoms with Crippen molar-refractivity contribution in [3.8, 4) is 0 Å². The Morgan fingerprint density at radius 2 is 2.09 bits per heavy atom. The first-order chi connectivity index (χ1) is 10.6. The number of nitrogens with zero attached hydrogens (tertiary/aromatic N) is 1. The average molecular weight is 300 g/mol. The molecule has 0 saturated carbocycles. The summed E-state index contributed by atoms with van der Waals surface area (Å²) in [4.78, 5) is 30.3. The molecule has 0 fully saturated rings. The molecule has 6 nitrogen and oxygen atoms in total. The molecule has 0 saturated heterocycles. The predicted octanol–water partition coefficient (Wildman–Crippen LogP) is 3.10. The van der Waals surface area contributed by atoms with Crippen LogP contribution in [0.2, 0.25) is 0 Å². The molecule has 0 unspecified atom stereocenters. The lowest BCUT2D eigenvalue weighted by Crippen LogP contribution is -2.14.